The van der Waals surface area contributed by atoms with Crippen molar-refractivity contribution >= 4 is 23.4 Å². The van der Waals surface area contributed by atoms with E-state index in [1.807, 2.05) is 24.5 Å². The predicted octanol–water partition coefficient (Wildman–Crippen LogP) is 4.74. The molecule has 2 aliphatic heterocycles. The van der Waals surface area contributed by atoms with Crippen molar-refractivity contribution < 1.29 is 0 Å². The van der Waals surface area contributed by atoms with Gasteiger partial charge >= 0.3 is 0 Å². The summed E-state index contributed by atoms with van der Waals surface area (Å²) in [5, 5.41) is 9.15. The number of rotatable bonds is 6. The van der Waals surface area contributed by atoms with E-state index in [0.29, 0.717) is 12.0 Å². The van der Waals surface area contributed by atoms with Crippen molar-refractivity contribution in [1.29, 1.82) is 5.26 Å². The highest BCUT2D eigenvalue weighted by Crippen LogP contribution is 2.35. The van der Waals surface area contributed by atoms with Gasteiger partial charge in [0.2, 0.25) is 0 Å². The predicted molar refractivity (Wildman–Crippen MR) is 120 cm³/mol. The first-order chi connectivity index (χ1) is 14.1. The lowest BCUT2D eigenvalue weighted by atomic mass is 10.1. The molecule has 5 nitrogen and oxygen atoms in total. The van der Waals surface area contributed by atoms with Crippen LogP contribution in [0.25, 0.3) is 5.70 Å². The molecule has 0 radical (unpaired) electrons. The average molecular weight is 388 g/mol. The third kappa shape index (κ3) is 3.80. The Labute approximate surface area is 173 Å². The van der Waals surface area contributed by atoms with E-state index in [1.54, 1.807) is 0 Å². The van der Waals surface area contributed by atoms with E-state index in [9.17, 15) is 0 Å². The third-order valence-corrected chi connectivity index (χ3v) is 6.26. The van der Waals surface area contributed by atoms with Gasteiger partial charge in [0.05, 0.1) is 11.6 Å². The molecule has 0 saturated carbocycles. The van der Waals surface area contributed by atoms with E-state index in [0.717, 1.165) is 61.5 Å². The molecule has 2 unspecified atom stereocenters. The maximum Gasteiger partial charge on any atom is 0.138 e. The highest BCUT2D eigenvalue weighted by atomic mass is 15.3. The number of hydrogen-bond donors (Lipinski definition) is 1. The standard InChI is InChI=1S/C24H29N5/c1-4-17(2)15-27-24-22(7-10-26-24)18(3)28-11-9-21(16-28)29-12-8-20-13-19(14-25)5-6-23(20)29/h5-7,10,13,15,17,21,26H,3-4,8-9,11-12,16H2,1-2H3. The molecular weight excluding hydrogens is 358 g/mol. The Balaban J connectivity index is 1.45. The number of likely N-dealkylation sites (tertiary alicyclic amines) is 1. The Morgan fingerprint density at radius 2 is 2.28 bits per heavy atom. The van der Waals surface area contributed by atoms with Gasteiger partial charge in [-0.1, -0.05) is 20.4 Å². The van der Waals surface area contributed by atoms with Gasteiger partial charge in [0.15, 0.2) is 0 Å². The first-order valence-corrected chi connectivity index (χ1v) is 10.6. The maximum absolute atomic E-state index is 9.15. The monoisotopic (exact) mass is 387 g/mol. The van der Waals surface area contributed by atoms with Crippen LogP contribution in [0.5, 0.6) is 0 Å². The van der Waals surface area contributed by atoms with Gasteiger partial charge in [0.1, 0.15) is 5.82 Å². The summed E-state index contributed by atoms with van der Waals surface area (Å²) in [5.41, 5.74) is 5.48. The second kappa shape index (κ2) is 8.16. The lowest BCUT2D eigenvalue weighted by Crippen LogP contribution is -2.36. The molecule has 1 aromatic carbocycles. The van der Waals surface area contributed by atoms with Gasteiger partial charge in [0.25, 0.3) is 0 Å². The molecule has 1 saturated heterocycles. The molecule has 0 amide bonds. The number of aliphatic imine (C=N–C) groups is 1. The zero-order valence-corrected chi connectivity index (χ0v) is 17.4. The van der Waals surface area contributed by atoms with E-state index in [1.165, 1.54) is 11.3 Å². The summed E-state index contributed by atoms with van der Waals surface area (Å²) < 4.78 is 0. The molecular formula is C24H29N5. The van der Waals surface area contributed by atoms with Gasteiger partial charge in [-0.05, 0) is 55.0 Å². The van der Waals surface area contributed by atoms with Gasteiger partial charge in [-0.3, -0.25) is 0 Å². The smallest absolute Gasteiger partial charge is 0.138 e. The summed E-state index contributed by atoms with van der Waals surface area (Å²) in [4.78, 5) is 12.8. The third-order valence-electron chi connectivity index (χ3n) is 6.26. The number of anilines is 1. The van der Waals surface area contributed by atoms with Gasteiger partial charge in [-0.15, -0.1) is 0 Å². The van der Waals surface area contributed by atoms with Crippen LogP contribution in [0.4, 0.5) is 11.5 Å². The van der Waals surface area contributed by atoms with Crippen molar-refractivity contribution in [1.82, 2.24) is 9.88 Å². The number of benzene rings is 1. The van der Waals surface area contributed by atoms with Crippen molar-refractivity contribution in [2.75, 3.05) is 24.5 Å². The number of hydrogen-bond acceptors (Lipinski definition) is 4. The van der Waals surface area contributed by atoms with Gasteiger partial charge < -0.3 is 14.8 Å². The second-order valence-corrected chi connectivity index (χ2v) is 8.14. The van der Waals surface area contributed by atoms with Crippen LogP contribution >= 0.6 is 0 Å². The van der Waals surface area contributed by atoms with Crippen molar-refractivity contribution in [2.24, 2.45) is 10.9 Å². The molecule has 150 valence electrons. The summed E-state index contributed by atoms with van der Waals surface area (Å²) in [6.07, 6.45) is 7.19. The number of fused-ring (bicyclic) bond motifs is 1. The van der Waals surface area contributed by atoms with Crippen LogP contribution in [0.15, 0.2) is 42.0 Å². The van der Waals surface area contributed by atoms with Gasteiger partial charge in [-0.25, -0.2) is 4.99 Å². The summed E-state index contributed by atoms with van der Waals surface area (Å²) in [7, 11) is 0. The molecule has 1 N–H and O–H groups in total. The van der Waals surface area contributed by atoms with Crippen molar-refractivity contribution in [2.45, 2.75) is 39.2 Å². The van der Waals surface area contributed by atoms with Crippen LogP contribution in [0, 0.1) is 17.2 Å². The lowest BCUT2D eigenvalue weighted by Gasteiger charge is -2.28. The quantitative estimate of drug-likeness (QED) is 0.728. The SMILES string of the molecule is C=C(c1cc[nH]c1N=CC(C)CC)N1CCC(N2CCc3cc(C#N)ccc32)C1. The lowest BCUT2D eigenvalue weighted by molar-refractivity contribution is 0.480. The summed E-state index contributed by atoms with van der Waals surface area (Å²) in [6.45, 7) is 11.8. The first-order valence-electron chi connectivity index (χ1n) is 10.6. The minimum Gasteiger partial charge on any atom is -0.369 e. The number of aromatic nitrogens is 1. The van der Waals surface area contributed by atoms with Crippen LogP contribution in [-0.4, -0.2) is 41.8 Å². The fourth-order valence-electron chi connectivity index (χ4n) is 4.30. The molecule has 1 aromatic heterocycles. The molecule has 2 aromatic rings. The molecule has 0 spiro atoms. The number of H-pyrrole nitrogens is 1. The van der Waals surface area contributed by atoms with E-state index < -0.39 is 0 Å². The van der Waals surface area contributed by atoms with E-state index >= 15 is 0 Å². The fourth-order valence-corrected chi connectivity index (χ4v) is 4.30. The molecule has 29 heavy (non-hydrogen) atoms. The van der Waals surface area contributed by atoms with Crippen molar-refractivity contribution in [3.8, 4) is 6.07 Å². The number of nitriles is 1. The van der Waals surface area contributed by atoms with Crippen molar-refractivity contribution in [3.05, 3.63) is 53.7 Å². The maximum atomic E-state index is 9.15. The topological polar surface area (TPSA) is 58.4 Å². The minimum atomic E-state index is 0.465. The van der Waals surface area contributed by atoms with E-state index in [4.69, 9.17) is 5.26 Å². The van der Waals surface area contributed by atoms with Crippen LogP contribution < -0.4 is 4.90 Å². The molecule has 0 aliphatic carbocycles. The van der Waals surface area contributed by atoms with Gasteiger partial charge in [-0.2, -0.15) is 5.26 Å². The normalized spacial score (nSPS) is 19.6. The van der Waals surface area contributed by atoms with Crippen LogP contribution in [-0.2, 0) is 6.42 Å². The van der Waals surface area contributed by atoms with Crippen LogP contribution in [0.1, 0.15) is 43.4 Å². The molecule has 5 heteroatoms. The van der Waals surface area contributed by atoms with E-state index in [2.05, 4.69) is 58.4 Å². The zero-order chi connectivity index (χ0) is 20.4. The summed E-state index contributed by atoms with van der Waals surface area (Å²) in [5.74, 6) is 1.36. The minimum absolute atomic E-state index is 0.465. The van der Waals surface area contributed by atoms with E-state index in [-0.39, 0.29) is 0 Å². The van der Waals surface area contributed by atoms with Crippen molar-refractivity contribution in [3.63, 3.8) is 0 Å². The molecule has 4 rings (SSSR count). The highest BCUT2D eigenvalue weighted by molar-refractivity contribution is 5.74. The highest BCUT2D eigenvalue weighted by Gasteiger charge is 2.32. The largest absolute Gasteiger partial charge is 0.369 e. The molecule has 3 heterocycles. The molecule has 2 aliphatic rings. The average Bonchev–Trinajstić information content (AvgIpc) is 3.49. The summed E-state index contributed by atoms with van der Waals surface area (Å²) >= 11 is 0. The van der Waals surface area contributed by atoms with Crippen LogP contribution in [0.3, 0.4) is 0 Å². The second-order valence-electron chi connectivity index (χ2n) is 8.14. The number of aromatic amines is 1. The number of nitrogens with one attached hydrogen (secondary N) is 1. The fraction of sp³-hybridized carbons (Fsp3) is 0.417. The Hall–Kier alpha value is -3.00. The van der Waals surface area contributed by atoms with Gasteiger partial charge in [0, 0.05) is 55.0 Å². The summed E-state index contributed by atoms with van der Waals surface area (Å²) in [6, 6.07) is 10.9. The first kappa shape index (κ1) is 19.3. The Morgan fingerprint density at radius 1 is 1.41 bits per heavy atom. The Bertz CT molecular complexity index is 964. The van der Waals surface area contributed by atoms with Crippen LogP contribution in [0.2, 0.25) is 0 Å². The Kier molecular flexibility index (Phi) is 5.44. The molecule has 1 fully saturated rings. The molecule has 2 atom stereocenters. The Morgan fingerprint density at radius 3 is 3.07 bits per heavy atom. The number of nitrogens with zero attached hydrogens (tertiary/aromatic N) is 4. The zero-order valence-electron chi connectivity index (χ0n) is 17.4. The molecule has 0 bridgehead atoms.